The molecule has 5 heteroatoms. The molecule has 0 spiro atoms. The van der Waals surface area contributed by atoms with Crippen molar-refractivity contribution >= 4 is 27.5 Å². The Balaban J connectivity index is 0.00000220. The number of nitrogens with zero attached hydrogens (tertiary/aromatic N) is 1. The van der Waals surface area contributed by atoms with Crippen molar-refractivity contribution in [2.24, 2.45) is 0 Å². The molecule has 112 valence electrons. The third-order valence-electron chi connectivity index (χ3n) is 3.09. The zero-order valence-electron chi connectivity index (χ0n) is 12.1. The second-order valence-electron chi connectivity index (χ2n) is 4.76. The molecule has 1 amide bonds. The number of aryl methyl sites for hydroxylation is 2. The summed E-state index contributed by atoms with van der Waals surface area (Å²) < 4.78 is 2.77. The normalized spacial score (nSPS) is 9.86. The highest BCUT2D eigenvalue weighted by atomic mass is 79.9. The van der Waals surface area contributed by atoms with Gasteiger partial charge in [0.1, 0.15) is 0 Å². The van der Waals surface area contributed by atoms with E-state index in [0.717, 1.165) is 22.1 Å². The van der Waals surface area contributed by atoms with E-state index in [0.29, 0.717) is 6.54 Å². The number of carbonyl (C=O) groups excluding carboxylic acids is 1. The van der Waals surface area contributed by atoms with Gasteiger partial charge in [0.25, 0.3) is 5.91 Å². The van der Waals surface area contributed by atoms with Crippen LogP contribution < -0.4 is 22.3 Å². The average Bonchev–Trinajstić information content (AvgIpc) is 2.43. The summed E-state index contributed by atoms with van der Waals surface area (Å²) in [6, 6.07) is 9.94. The van der Waals surface area contributed by atoms with Crippen LogP contribution in [0.5, 0.6) is 0 Å². The lowest BCUT2D eigenvalue weighted by atomic mass is 10.2. The van der Waals surface area contributed by atoms with Crippen LogP contribution in [-0.4, -0.2) is 5.91 Å². The SMILES string of the molecule is CCc1cc[n+](CC(=O)Nc2ccc(C)cc2Br)cc1.[Cl-]. The fourth-order valence-corrected chi connectivity index (χ4v) is 2.50. The van der Waals surface area contributed by atoms with Crippen LogP contribution in [0.3, 0.4) is 0 Å². The molecular weight excluding hydrogens is 352 g/mol. The summed E-state index contributed by atoms with van der Waals surface area (Å²) in [5, 5.41) is 2.91. The molecule has 0 radical (unpaired) electrons. The van der Waals surface area contributed by atoms with Crippen molar-refractivity contribution in [1.82, 2.24) is 0 Å². The molecular formula is C16H18BrClN2O. The molecule has 2 aromatic rings. The van der Waals surface area contributed by atoms with Gasteiger partial charge in [-0.25, -0.2) is 0 Å². The van der Waals surface area contributed by atoms with Crippen molar-refractivity contribution in [3.8, 4) is 0 Å². The number of hydrogen-bond donors (Lipinski definition) is 1. The number of aromatic nitrogens is 1. The fourth-order valence-electron chi connectivity index (χ4n) is 1.91. The first-order chi connectivity index (χ1) is 9.58. The van der Waals surface area contributed by atoms with E-state index in [1.807, 2.05) is 54.2 Å². The van der Waals surface area contributed by atoms with Gasteiger partial charge in [-0.05, 0) is 52.5 Å². The largest absolute Gasteiger partial charge is 1.00 e. The highest BCUT2D eigenvalue weighted by Gasteiger charge is 2.11. The van der Waals surface area contributed by atoms with Gasteiger partial charge in [-0.3, -0.25) is 4.79 Å². The molecule has 0 aliphatic carbocycles. The second kappa shape index (κ2) is 8.15. The Bertz CT molecular complexity index is 614. The number of nitrogens with one attached hydrogen (secondary N) is 1. The lowest BCUT2D eigenvalue weighted by Gasteiger charge is -2.06. The molecule has 0 bridgehead atoms. The molecule has 0 aliphatic heterocycles. The first kappa shape index (κ1) is 17.7. The number of rotatable bonds is 4. The van der Waals surface area contributed by atoms with Crippen LogP contribution in [0.4, 0.5) is 5.69 Å². The van der Waals surface area contributed by atoms with Crippen molar-refractivity contribution in [2.75, 3.05) is 5.32 Å². The van der Waals surface area contributed by atoms with E-state index >= 15 is 0 Å². The Kier molecular flexibility index (Phi) is 6.85. The van der Waals surface area contributed by atoms with Crippen molar-refractivity contribution in [1.29, 1.82) is 0 Å². The van der Waals surface area contributed by atoms with Gasteiger partial charge < -0.3 is 17.7 Å². The summed E-state index contributed by atoms with van der Waals surface area (Å²) in [4.78, 5) is 12.0. The van der Waals surface area contributed by atoms with Crippen LogP contribution in [0.15, 0.2) is 47.2 Å². The molecule has 1 aromatic heterocycles. The third kappa shape index (κ3) is 5.14. The summed E-state index contributed by atoms with van der Waals surface area (Å²) in [6.45, 7) is 4.44. The van der Waals surface area contributed by atoms with Crippen molar-refractivity contribution in [3.05, 3.63) is 58.3 Å². The molecule has 0 fully saturated rings. The van der Waals surface area contributed by atoms with Gasteiger partial charge in [0, 0.05) is 16.6 Å². The van der Waals surface area contributed by atoms with Crippen molar-refractivity contribution in [3.63, 3.8) is 0 Å². The molecule has 0 saturated carbocycles. The molecule has 1 heterocycles. The molecule has 1 aromatic carbocycles. The summed E-state index contributed by atoms with van der Waals surface area (Å²) in [5.74, 6) is -0.0381. The second-order valence-corrected chi connectivity index (χ2v) is 5.62. The molecule has 3 nitrogen and oxygen atoms in total. The zero-order chi connectivity index (χ0) is 14.5. The lowest BCUT2D eigenvalue weighted by molar-refractivity contribution is -0.684. The molecule has 21 heavy (non-hydrogen) atoms. The minimum Gasteiger partial charge on any atom is -1.00 e. The lowest BCUT2D eigenvalue weighted by Crippen LogP contribution is -3.00. The first-order valence-corrected chi connectivity index (χ1v) is 7.41. The molecule has 0 aliphatic rings. The first-order valence-electron chi connectivity index (χ1n) is 6.62. The predicted octanol–water partition coefficient (Wildman–Crippen LogP) is 0.250. The van der Waals surface area contributed by atoms with Gasteiger partial charge in [-0.1, -0.05) is 13.0 Å². The highest BCUT2D eigenvalue weighted by molar-refractivity contribution is 9.10. The van der Waals surface area contributed by atoms with Crippen LogP contribution in [-0.2, 0) is 17.8 Å². The maximum absolute atomic E-state index is 12.0. The Labute approximate surface area is 139 Å². The van der Waals surface area contributed by atoms with E-state index < -0.39 is 0 Å². The maximum Gasteiger partial charge on any atom is 0.290 e. The fraction of sp³-hybridized carbons (Fsp3) is 0.250. The van der Waals surface area contributed by atoms with Gasteiger partial charge in [-0.2, -0.15) is 4.57 Å². The van der Waals surface area contributed by atoms with E-state index in [9.17, 15) is 4.79 Å². The minimum absolute atomic E-state index is 0. The van der Waals surface area contributed by atoms with Gasteiger partial charge in [0.05, 0.1) is 5.69 Å². The van der Waals surface area contributed by atoms with E-state index in [4.69, 9.17) is 0 Å². The average molecular weight is 370 g/mol. The number of amides is 1. The van der Waals surface area contributed by atoms with Gasteiger partial charge >= 0.3 is 0 Å². The van der Waals surface area contributed by atoms with Crippen LogP contribution >= 0.6 is 15.9 Å². The molecule has 1 N–H and O–H groups in total. The Hall–Kier alpha value is -1.39. The monoisotopic (exact) mass is 368 g/mol. The maximum atomic E-state index is 12.0. The number of halogens is 2. The van der Waals surface area contributed by atoms with E-state index in [2.05, 4.69) is 28.2 Å². The number of benzene rings is 1. The number of carbonyl (C=O) groups is 1. The number of pyridine rings is 1. The number of hydrogen-bond acceptors (Lipinski definition) is 1. The van der Waals surface area contributed by atoms with E-state index in [-0.39, 0.29) is 18.3 Å². The van der Waals surface area contributed by atoms with E-state index in [1.54, 1.807) is 0 Å². The highest BCUT2D eigenvalue weighted by Crippen LogP contribution is 2.23. The smallest absolute Gasteiger partial charge is 0.290 e. The standard InChI is InChI=1S/C16H17BrN2O.ClH/c1-3-13-6-8-19(9-7-13)11-16(20)18-15-5-4-12(2)10-14(15)17;/h4-10H,3,11H2,1-2H3;1H. The van der Waals surface area contributed by atoms with Gasteiger partial charge in [0.2, 0.25) is 6.54 Å². The molecule has 0 saturated heterocycles. The third-order valence-corrected chi connectivity index (χ3v) is 3.75. The predicted molar refractivity (Wildman–Crippen MR) is 83.5 cm³/mol. The topological polar surface area (TPSA) is 33.0 Å². The van der Waals surface area contributed by atoms with Crippen LogP contribution in [0.1, 0.15) is 18.1 Å². The summed E-state index contributed by atoms with van der Waals surface area (Å²) in [6.07, 6.45) is 4.87. The van der Waals surface area contributed by atoms with Crippen LogP contribution in [0.25, 0.3) is 0 Å². The van der Waals surface area contributed by atoms with Gasteiger partial charge in [-0.15, -0.1) is 0 Å². The van der Waals surface area contributed by atoms with Gasteiger partial charge in [0.15, 0.2) is 12.4 Å². The van der Waals surface area contributed by atoms with Crippen LogP contribution in [0.2, 0.25) is 0 Å². The molecule has 0 unspecified atom stereocenters. The summed E-state index contributed by atoms with van der Waals surface area (Å²) in [5.41, 5.74) is 3.22. The minimum atomic E-state index is -0.0381. The Morgan fingerprint density at radius 2 is 1.90 bits per heavy atom. The van der Waals surface area contributed by atoms with Crippen molar-refractivity contribution in [2.45, 2.75) is 26.8 Å². The number of anilines is 1. The molecule has 0 atom stereocenters. The van der Waals surface area contributed by atoms with Crippen molar-refractivity contribution < 1.29 is 21.8 Å². The van der Waals surface area contributed by atoms with E-state index in [1.165, 1.54) is 5.56 Å². The van der Waals surface area contributed by atoms with Crippen LogP contribution in [0, 0.1) is 6.92 Å². The zero-order valence-corrected chi connectivity index (χ0v) is 14.4. The molecule has 2 rings (SSSR count). The summed E-state index contributed by atoms with van der Waals surface area (Å²) >= 11 is 3.46. The summed E-state index contributed by atoms with van der Waals surface area (Å²) in [7, 11) is 0. The Morgan fingerprint density at radius 3 is 2.48 bits per heavy atom. The Morgan fingerprint density at radius 1 is 1.24 bits per heavy atom. The quantitative estimate of drug-likeness (QED) is 0.770.